The number of carbonyl (C=O) groups is 2. The maximum atomic E-state index is 12.2. The number of methoxy groups -OCH3 is 4. The minimum absolute atomic E-state index is 0.118. The highest BCUT2D eigenvalue weighted by Gasteiger charge is 2.54. The van der Waals surface area contributed by atoms with Crippen molar-refractivity contribution >= 4 is 11.9 Å². The van der Waals surface area contributed by atoms with Gasteiger partial charge in [-0.15, -0.1) is 6.58 Å². The molecular weight excluding hydrogens is 668 g/mol. The van der Waals surface area contributed by atoms with Crippen LogP contribution in [0.3, 0.4) is 0 Å². The van der Waals surface area contributed by atoms with Crippen molar-refractivity contribution in [2.75, 3.05) is 41.7 Å². The highest BCUT2D eigenvalue weighted by molar-refractivity contribution is 5.67. The lowest BCUT2D eigenvalue weighted by molar-refractivity contribution is -0.371. The van der Waals surface area contributed by atoms with Crippen LogP contribution in [0.15, 0.2) is 61.2 Å². The van der Waals surface area contributed by atoms with E-state index < -0.39 is 73.4 Å². The lowest BCUT2D eigenvalue weighted by Gasteiger charge is -2.49. The molecule has 0 amide bonds. The number of hydrogen-bond acceptors (Lipinski definition) is 14. The minimum atomic E-state index is -1.16. The summed E-state index contributed by atoms with van der Waals surface area (Å²) in [4.78, 5) is 24.2. The molecular formula is C37H50O14. The molecule has 2 aromatic rings. The third kappa shape index (κ3) is 10.9. The summed E-state index contributed by atoms with van der Waals surface area (Å²) in [6, 6.07) is 15.0. The third-order valence-corrected chi connectivity index (χ3v) is 8.45. The second-order valence-electron chi connectivity index (χ2n) is 12.0. The standard InChI is InChI=1S/C37H50O14/c1-9-18-45-36-35(51-37-34(43-8)33(49-24(4)39)30(22(2)47-37)48-23(3)38)32(46-20-26-12-16-28(41-6)17-13-26)31(42-7)29(50-36)21-44-19-25-10-14-27(40-5)15-11-25/h9-17,22,29-37H,1,18-21H2,2-8H3/t22-,29+,30+,31-,32-,33+,34-,35+,36+,37-/m0/s1. The average molecular weight is 719 g/mol. The Morgan fingerprint density at radius 1 is 0.686 bits per heavy atom. The fourth-order valence-electron chi connectivity index (χ4n) is 6.02. The van der Waals surface area contributed by atoms with Gasteiger partial charge in [-0.3, -0.25) is 9.59 Å². The molecule has 2 fully saturated rings. The number of carbonyl (C=O) groups excluding carboxylic acids is 2. The van der Waals surface area contributed by atoms with Gasteiger partial charge in [0.1, 0.15) is 42.0 Å². The van der Waals surface area contributed by atoms with Gasteiger partial charge in [0.2, 0.25) is 0 Å². The van der Waals surface area contributed by atoms with Gasteiger partial charge in [0.15, 0.2) is 24.8 Å². The normalized spacial score (nSPS) is 29.2. The van der Waals surface area contributed by atoms with E-state index in [0.29, 0.717) is 12.4 Å². The van der Waals surface area contributed by atoms with Crippen LogP contribution in [0.1, 0.15) is 31.9 Å². The summed E-state index contributed by atoms with van der Waals surface area (Å²) in [6.07, 6.45) is -7.58. The molecule has 2 aromatic carbocycles. The van der Waals surface area contributed by atoms with Gasteiger partial charge in [0.25, 0.3) is 0 Å². The van der Waals surface area contributed by atoms with Crippen LogP contribution < -0.4 is 9.47 Å². The Balaban J connectivity index is 1.64. The first-order chi connectivity index (χ1) is 24.6. The first-order valence-electron chi connectivity index (χ1n) is 16.7. The molecule has 0 aliphatic carbocycles. The quantitative estimate of drug-likeness (QED) is 0.163. The van der Waals surface area contributed by atoms with Crippen molar-refractivity contribution in [1.29, 1.82) is 0 Å². The first kappa shape index (κ1) is 40.2. The van der Waals surface area contributed by atoms with Gasteiger partial charge in [-0.05, 0) is 42.3 Å². The van der Waals surface area contributed by atoms with E-state index in [1.807, 2.05) is 48.5 Å². The van der Waals surface area contributed by atoms with Crippen LogP contribution in [0, 0.1) is 0 Å². The van der Waals surface area contributed by atoms with E-state index in [2.05, 4.69) is 6.58 Å². The lowest BCUT2D eigenvalue weighted by atomic mass is 9.96. The SMILES string of the molecule is C=CCO[C@@H]1O[C@H](COCc2ccc(OC)cc2)[C@H](OC)[C@H](OCc2ccc(OC)cc2)[C@H]1O[C@@H]1O[C@@H](C)[C@@H](OC(C)=O)[C@@H](OC(C)=O)[C@@H]1OC. The molecule has 282 valence electrons. The molecule has 0 radical (unpaired) electrons. The zero-order valence-corrected chi connectivity index (χ0v) is 30.2. The number of hydrogen-bond donors (Lipinski definition) is 0. The second-order valence-corrected chi connectivity index (χ2v) is 12.0. The van der Waals surface area contributed by atoms with Gasteiger partial charge in [-0.25, -0.2) is 0 Å². The molecule has 2 heterocycles. The molecule has 0 aromatic heterocycles. The van der Waals surface area contributed by atoms with Gasteiger partial charge < -0.3 is 56.8 Å². The lowest BCUT2D eigenvalue weighted by Crippen LogP contribution is -2.66. The number of ether oxygens (including phenoxy) is 12. The van der Waals surface area contributed by atoms with E-state index in [0.717, 1.165) is 16.9 Å². The van der Waals surface area contributed by atoms with E-state index >= 15 is 0 Å². The Hall–Kier alpha value is -3.60. The van der Waals surface area contributed by atoms with Crippen LogP contribution in [0.25, 0.3) is 0 Å². The molecule has 0 spiro atoms. The fraction of sp³-hybridized carbons (Fsp3) is 0.568. The van der Waals surface area contributed by atoms with E-state index in [1.54, 1.807) is 34.3 Å². The summed E-state index contributed by atoms with van der Waals surface area (Å²) in [5, 5.41) is 0. The summed E-state index contributed by atoms with van der Waals surface area (Å²) >= 11 is 0. The van der Waals surface area contributed by atoms with Crippen molar-refractivity contribution in [2.45, 2.75) is 95.4 Å². The van der Waals surface area contributed by atoms with Gasteiger partial charge >= 0.3 is 11.9 Å². The van der Waals surface area contributed by atoms with Crippen molar-refractivity contribution in [3.8, 4) is 11.5 Å². The molecule has 2 aliphatic rings. The van der Waals surface area contributed by atoms with Crippen LogP contribution >= 0.6 is 0 Å². The van der Waals surface area contributed by atoms with Crippen LogP contribution in [-0.2, 0) is 70.2 Å². The van der Waals surface area contributed by atoms with Crippen LogP contribution in [-0.4, -0.2) is 115 Å². The van der Waals surface area contributed by atoms with Crippen LogP contribution in [0.4, 0.5) is 0 Å². The molecule has 0 unspecified atom stereocenters. The maximum Gasteiger partial charge on any atom is 0.303 e. The Kier molecular flexibility index (Phi) is 15.6. The van der Waals surface area contributed by atoms with Crippen molar-refractivity contribution in [3.05, 3.63) is 72.3 Å². The number of rotatable bonds is 18. The van der Waals surface area contributed by atoms with Crippen molar-refractivity contribution in [2.24, 2.45) is 0 Å². The summed E-state index contributed by atoms with van der Waals surface area (Å²) in [6.45, 7) is 8.71. The Morgan fingerprint density at radius 3 is 1.78 bits per heavy atom. The van der Waals surface area contributed by atoms with E-state index in [-0.39, 0.29) is 19.8 Å². The molecule has 0 saturated carbocycles. The predicted octanol–water partition coefficient (Wildman–Crippen LogP) is 3.76. The monoisotopic (exact) mass is 718 g/mol. The molecule has 14 nitrogen and oxygen atoms in total. The van der Waals surface area contributed by atoms with E-state index in [1.165, 1.54) is 21.0 Å². The summed E-state index contributed by atoms with van der Waals surface area (Å²) in [5.41, 5.74) is 1.81. The molecule has 2 saturated heterocycles. The predicted molar refractivity (Wildman–Crippen MR) is 181 cm³/mol. The zero-order chi connectivity index (χ0) is 36.9. The van der Waals surface area contributed by atoms with Crippen molar-refractivity contribution in [3.63, 3.8) is 0 Å². The Bertz CT molecular complexity index is 1370. The van der Waals surface area contributed by atoms with Gasteiger partial charge in [-0.1, -0.05) is 30.3 Å². The van der Waals surface area contributed by atoms with Gasteiger partial charge in [-0.2, -0.15) is 0 Å². The summed E-state index contributed by atoms with van der Waals surface area (Å²) in [5.74, 6) is 0.275. The molecule has 51 heavy (non-hydrogen) atoms. The molecule has 4 rings (SSSR count). The Labute approximate surface area is 299 Å². The number of benzene rings is 2. The molecule has 14 heteroatoms. The van der Waals surface area contributed by atoms with Crippen LogP contribution in [0.2, 0.25) is 0 Å². The highest BCUT2D eigenvalue weighted by atomic mass is 16.8. The summed E-state index contributed by atoms with van der Waals surface area (Å²) < 4.78 is 71.7. The molecule has 0 bridgehead atoms. The highest BCUT2D eigenvalue weighted by Crippen LogP contribution is 2.35. The third-order valence-electron chi connectivity index (χ3n) is 8.45. The smallest absolute Gasteiger partial charge is 0.303 e. The molecule has 10 atom stereocenters. The van der Waals surface area contributed by atoms with E-state index in [9.17, 15) is 9.59 Å². The largest absolute Gasteiger partial charge is 0.497 e. The summed E-state index contributed by atoms with van der Waals surface area (Å²) in [7, 11) is 6.17. The zero-order valence-electron chi connectivity index (χ0n) is 30.2. The van der Waals surface area contributed by atoms with Gasteiger partial charge in [0, 0.05) is 28.1 Å². The molecule has 0 N–H and O–H groups in total. The molecule has 2 aliphatic heterocycles. The van der Waals surface area contributed by atoms with Crippen molar-refractivity contribution in [1.82, 2.24) is 0 Å². The first-order valence-corrected chi connectivity index (χ1v) is 16.7. The minimum Gasteiger partial charge on any atom is -0.497 e. The Morgan fingerprint density at radius 2 is 1.25 bits per heavy atom. The topological polar surface area (TPSA) is 145 Å². The maximum absolute atomic E-state index is 12.2. The second kappa shape index (κ2) is 19.9. The van der Waals surface area contributed by atoms with Crippen LogP contribution in [0.5, 0.6) is 11.5 Å². The van der Waals surface area contributed by atoms with E-state index in [4.69, 9.17) is 56.8 Å². The fourth-order valence-corrected chi connectivity index (χ4v) is 6.02. The average Bonchev–Trinajstić information content (AvgIpc) is 3.12. The van der Waals surface area contributed by atoms with Crippen molar-refractivity contribution < 1.29 is 66.4 Å². The van der Waals surface area contributed by atoms with Gasteiger partial charge in [0.05, 0.1) is 46.8 Å². The number of esters is 2.